The van der Waals surface area contributed by atoms with Gasteiger partial charge in [0.1, 0.15) is 11.7 Å². The van der Waals surface area contributed by atoms with Crippen molar-refractivity contribution in [3.05, 3.63) is 29.9 Å². The van der Waals surface area contributed by atoms with Gasteiger partial charge in [-0.05, 0) is 27.2 Å². The lowest BCUT2D eigenvalue weighted by molar-refractivity contribution is 0.0529. The van der Waals surface area contributed by atoms with Gasteiger partial charge in [-0.1, -0.05) is 12.2 Å². The number of nitrogens with zero attached hydrogens (tertiary/aromatic N) is 3. The zero-order valence-corrected chi connectivity index (χ0v) is 11.9. The van der Waals surface area contributed by atoms with E-state index in [0.717, 1.165) is 5.56 Å². The molecule has 0 aliphatic heterocycles. The molecule has 0 saturated heterocycles. The van der Waals surface area contributed by atoms with Gasteiger partial charge in [0, 0.05) is 24.5 Å². The maximum absolute atomic E-state index is 11.4. The minimum absolute atomic E-state index is 0.147. The van der Waals surface area contributed by atoms with Gasteiger partial charge in [-0.3, -0.25) is 0 Å². The van der Waals surface area contributed by atoms with Gasteiger partial charge in [-0.2, -0.15) is 5.26 Å². The van der Waals surface area contributed by atoms with Crippen LogP contribution in [0, 0.1) is 11.3 Å². The first-order valence-electron chi connectivity index (χ1n) is 6.26. The molecule has 0 aliphatic rings. The summed E-state index contributed by atoms with van der Waals surface area (Å²) in [6.45, 7) is 5.94. The summed E-state index contributed by atoms with van der Waals surface area (Å²) >= 11 is 0. The molecule has 0 fully saturated rings. The molecule has 20 heavy (non-hydrogen) atoms. The molecule has 106 valence electrons. The van der Waals surface area contributed by atoms with Crippen molar-refractivity contribution in [1.29, 1.82) is 5.26 Å². The Labute approximate surface area is 118 Å². The lowest BCUT2D eigenvalue weighted by Crippen LogP contribution is -2.32. The topological polar surface area (TPSA) is 87.9 Å². The number of ether oxygens (including phenoxy) is 1. The number of rotatable bonds is 4. The fraction of sp³-hybridized carbons (Fsp3) is 0.429. The minimum Gasteiger partial charge on any atom is -0.444 e. The van der Waals surface area contributed by atoms with Gasteiger partial charge in [0.05, 0.1) is 0 Å². The highest BCUT2D eigenvalue weighted by Gasteiger charge is 2.15. The molecule has 0 radical (unpaired) electrons. The third-order valence-electron chi connectivity index (χ3n) is 2.06. The molecule has 0 atom stereocenters. The second-order valence-corrected chi connectivity index (χ2v) is 5.07. The molecule has 1 aromatic rings. The van der Waals surface area contributed by atoms with Crippen molar-refractivity contribution in [3.8, 4) is 6.07 Å². The van der Waals surface area contributed by atoms with Gasteiger partial charge in [0.15, 0.2) is 0 Å². The minimum atomic E-state index is -0.486. The maximum Gasteiger partial charge on any atom is 0.407 e. The van der Waals surface area contributed by atoms with Gasteiger partial charge in [-0.15, -0.1) is 0 Å². The highest BCUT2D eigenvalue weighted by molar-refractivity contribution is 5.67. The standard InChI is InChI=1S/C14H18N4O2/c1-14(2,3)20-13(19)16-7-5-4-6-11-9-17-12(8-15)18-10-11/h4,6,9-10H,5,7H2,1-3H3,(H,16,19). The first-order chi connectivity index (χ1) is 9.40. The predicted molar refractivity (Wildman–Crippen MR) is 74.6 cm³/mol. The van der Waals surface area contributed by atoms with Crippen LogP contribution in [0.25, 0.3) is 6.08 Å². The van der Waals surface area contributed by atoms with E-state index in [0.29, 0.717) is 13.0 Å². The first-order valence-corrected chi connectivity index (χ1v) is 6.26. The van der Waals surface area contributed by atoms with E-state index in [-0.39, 0.29) is 5.82 Å². The fourth-order valence-electron chi connectivity index (χ4n) is 1.27. The van der Waals surface area contributed by atoms with Gasteiger partial charge in [-0.25, -0.2) is 14.8 Å². The zero-order valence-electron chi connectivity index (χ0n) is 11.9. The molecule has 1 amide bonds. The molecule has 1 N–H and O–H groups in total. The number of alkyl carbamates (subject to hydrolysis) is 1. The SMILES string of the molecule is CC(C)(C)OC(=O)NCCC=Cc1cnc(C#N)nc1. The monoisotopic (exact) mass is 274 g/mol. The molecule has 6 nitrogen and oxygen atoms in total. The number of hydrogen-bond donors (Lipinski definition) is 1. The number of amides is 1. The molecule has 0 spiro atoms. The van der Waals surface area contributed by atoms with Gasteiger partial charge < -0.3 is 10.1 Å². The van der Waals surface area contributed by atoms with Crippen LogP contribution in [0.5, 0.6) is 0 Å². The second-order valence-electron chi connectivity index (χ2n) is 5.07. The summed E-state index contributed by atoms with van der Waals surface area (Å²) in [5.41, 5.74) is 0.320. The molecule has 6 heteroatoms. The Kier molecular flexibility index (Phi) is 5.66. The molecule has 1 aromatic heterocycles. The Balaban J connectivity index is 2.28. The van der Waals surface area contributed by atoms with Crippen molar-refractivity contribution in [2.24, 2.45) is 0 Å². The number of aromatic nitrogens is 2. The summed E-state index contributed by atoms with van der Waals surface area (Å²) in [6, 6.07) is 1.85. The number of nitriles is 1. The third-order valence-corrected chi connectivity index (χ3v) is 2.06. The van der Waals surface area contributed by atoms with Crippen LogP contribution in [-0.4, -0.2) is 28.2 Å². The van der Waals surface area contributed by atoms with Gasteiger partial charge >= 0.3 is 6.09 Å². The van der Waals surface area contributed by atoms with E-state index in [2.05, 4.69) is 15.3 Å². The number of carbonyl (C=O) groups is 1. The zero-order chi connectivity index (χ0) is 15.0. The average Bonchev–Trinajstić information content (AvgIpc) is 2.37. The molecule has 0 aliphatic carbocycles. The lowest BCUT2D eigenvalue weighted by atomic mass is 10.2. The van der Waals surface area contributed by atoms with E-state index in [1.807, 2.05) is 39.0 Å². The summed E-state index contributed by atoms with van der Waals surface area (Å²) in [5.74, 6) is 0.147. The van der Waals surface area contributed by atoms with Crippen LogP contribution < -0.4 is 5.32 Å². The van der Waals surface area contributed by atoms with Crippen LogP contribution in [0.1, 0.15) is 38.6 Å². The van der Waals surface area contributed by atoms with Crippen LogP contribution in [0.4, 0.5) is 4.79 Å². The smallest absolute Gasteiger partial charge is 0.407 e. The molecule has 0 aromatic carbocycles. The molecule has 0 unspecified atom stereocenters. The van der Waals surface area contributed by atoms with E-state index < -0.39 is 11.7 Å². The van der Waals surface area contributed by atoms with E-state index in [9.17, 15) is 4.79 Å². The summed E-state index contributed by atoms with van der Waals surface area (Å²) in [6.07, 6.45) is 7.11. The second kappa shape index (κ2) is 7.24. The van der Waals surface area contributed by atoms with E-state index in [1.54, 1.807) is 12.4 Å². The normalized spacial score (nSPS) is 11.1. The number of nitrogens with one attached hydrogen (secondary N) is 1. The van der Waals surface area contributed by atoms with Crippen LogP contribution in [-0.2, 0) is 4.74 Å². The molecule has 0 bridgehead atoms. The third kappa shape index (κ3) is 6.50. The van der Waals surface area contributed by atoms with Gasteiger partial charge in [0.2, 0.25) is 5.82 Å². The number of carbonyl (C=O) groups excluding carboxylic acids is 1. The summed E-state index contributed by atoms with van der Waals surface area (Å²) < 4.78 is 5.10. The lowest BCUT2D eigenvalue weighted by Gasteiger charge is -2.19. The highest BCUT2D eigenvalue weighted by atomic mass is 16.6. The van der Waals surface area contributed by atoms with Crippen molar-refractivity contribution < 1.29 is 9.53 Å². The van der Waals surface area contributed by atoms with E-state index >= 15 is 0 Å². The summed E-state index contributed by atoms with van der Waals surface area (Å²) in [7, 11) is 0. The van der Waals surface area contributed by atoms with Crippen LogP contribution in [0.2, 0.25) is 0 Å². The van der Waals surface area contributed by atoms with Crippen LogP contribution in [0.15, 0.2) is 18.5 Å². The summed E-state index contributed by atoms with van der Waals surface area (Å²) in [4.78, 5) is 19.1. The van der Waals surface area contributed by atoms with E-state index in [4.69, 9.17) is 10.00 Å². The largest absolute Gasteiger partial charge is 0.444 e. The molecule has 0 saturated carbocycles. The van der Waals surface area contributed by atoms with Crippen LogP contribution in [0.3, 0.4) is 0 Å². The van der Waals surface area contributed by atoms with Gasteiger partial charge in [0.25, 0.3) is 0 Å². The Morgan fingerprint density at radius 3 is 2.65 bits per heavy atom. The Morgan fingerprint density at radius 2 is 2.10 bits per heavy atom. The average molecular weight is 274 g/mol. The molecular formula is C14H18N4O2. The Morgan fingerprint density at radius 1 is 1.45 bits per heavy atom. The van der Waals surface area contributed by atoms with Crippen molar-refractivity contribution in [2.45, 2.75) is 32.8 Å². The quantitative estimate of drug-likeness (QED) is 0.851. The highest BCUT2D eigenvalue weighted by Crippen LogP contribution is 2.06. The molecule has 1 rings (SSSR count). The fourth-order valence-corrected chi connectivity index (χ4v) is 1.27. The van der Waals surface area contributed by atoms with Crippen molar-refractivity contribution in [1.82, 2.24) is 15.3 Å². The maximum atomic E-state index is 11.4. The Hall–Kier alpha value is -2.42. The van der Waals surface area contributed by atoms with E-state index in [1.165, 1.54) is 0 Å². The van der Waals surface area contributed by atoms with Crippen LogP contribution >= 0.6 is 0 Å². The van der Waals surface area contributed by atoms with Crippen molar-refractivity contribution in [2.75, 3.05) is 6.54 Å². The Bertz CT molecular complexity index is 509. The summed E-state index contributed by atoms with van der Waals surface area (Å²) in [5, 5.41) is 11.2. The molecule has 1 heterocycles. The predicted octanol–water partition coefficient (Wildman–Crippen LogP) is 2.28. The molecular weight excluding hydrogens is 256 g/mol. The van der Waals surface area contributed by atoms with Crippen molar-refractivity contribution in [3.63, 3.8) is 0 Å². The number of hydrogen-bond acceptors (Lipinski definition) is 5. The first kappa shape index (κ1) is 15.6. The van der Waals surface area contributed by atoms with Crippen molar-refractivity contribution >= 4 is 12.2 Å².